The first-order chi connectivity index (χ1) is 4.18. The average molecular weight is 149 g/mol. The van der Waals surface area contributed by atoms with Crippen molar-refractivity contribution in [1.82, 2.24) is 0 Å². The Hall–Kier alpha value is -0.700. The van der Waals surface area contributed by atoms with Gasteiger partial charge in [-0.1, -0.05) is 0 Å². The van der Waals surface area contributed by atoms with Crippen molar-refractivity contribution in [2.45, 2.75) is 11.3 Å². The number of hydrogen-bond acceptors (Lipinski definition) is 3. The Balaban J connectivity index is 4.06. The van der Waals surface area contributed by atoms with E-state index in [1.807, 2.05) is 0 Å². The zero-order valence-electron chi connectivity index (χ0n) is 4.54. The largest absolute Gasteiger partial charge is 0.303 e. The molecule has 0 unspecified atom stereocenters. The van der Waals surface area contributed by atoms with Gasteiger partial charge in [0.25, 0.3) is 0 Å². The molecule has 0 spiro atoms. The topological polar surface area (TPSA) is 51.2 Å². The highest BCUT2D eigenvalue weighted by Gasteiger charge is 2.24. The molecule has 0 rings (SSSR count). The summed E-state index contributed by atoms with van der Waals surface area (Å²) in [6.07, 6.45) is 0.656. The number of halogens is 1. The van der Waals surface area contributed by atoms with Crippen molar-refractivity contribution < 1.29 is 14.4 Å². The highest BCUT2D eigenvalue weighted by molar-refractivity contribution is 6.40. The summed E-state index contributed by atoms with van der Waals surface area (Å²) >= 11 is 5.24. The van der Waals surface area contributed by atoms with Crippen molar-refractivity contribution >= 4 is 30.5 Å². The third-order valence-electron chi connectivity index (χ3n) is 0.788. The first-order valence-electron chi connectivity index (χ1n) is 2.24. The second-order valence-corrected chi connectivity index (χ2v) is 2.24. The number of rotatable bonds is 4. The molecule has 0 aliphatic carbocycles. The van der Waals surface area contributed by atoms with Gasteiger partial charge in [-0.3, -0.25) is 0 Å². The van der Waals surface area contributed by atoms with Crippen LogP contribution in [-0.4, -0.2) is 23.7 Å². The lowest BCUT2D eigenvalue weighted by atomic mass is 10.1. The van der Waals surface area contributed by atoms with Crippen LogP contribution in [0.2, 0.25) is 0 Å². The van der Waals surface area contributed by atoms with Gasteiger partial charge < -0.3 is 14.4 Å². The van der Waals surface area contributed by atoms with Gasteiger partial charge in [-0.15, -0.1) is 11.6 Å². The zero-order chi connectivity index (χ0) is 7.33. The number of alkyl halides is 1. The van der Waals surface area contributed by atoms with E-state index < -0.39 is 4.87 Å². The van der Waals surface area contributed by atoms with E-state index in [1.54, 1.807) is 0 Å². The third kappa shape index (κ3) is 2.37. The molecule has 0 heterocycles. The second kappa shape index (κ2) is 3.35. The standard InChI is InChI=1S/C5H5ClO3/c6-5(3-8,4-9)1-2-7/h2-4H,1H2. The molecule has 0 aliphatic rings. The van der Waals surface area contributed by atoms with Gasteiger partial charge in [0.15, 0.2) is 4.87 Å². The molecule has 0 aromatic rings. The molecule has 4 heteroatoms. The van der Waals surface area contributed by atoms with Crippen LogP contribution in [0.5, 0.6) is 0 Å². The SMILES string of the molecule is O=CCC(Cl)(C=O)C=O. The lowest BCUT2D eigenvalue weighted by Gasteiger charge is -2.05. The van der Waals surface area contributed by atoms with Gasteiger partial charge >= 0.3 is 0 Å². The molecule has 3 nitrogen and oxygen atoms in total. The van der Waals surface area contributed by atoms with E-state index in [4.69, 9.17) is 11.6 Å². The minimum Gasteiger partial charge on any atom is -0.303 e. The summed E-state index contributed by atoms with van der Waals surface area (Å²) in [7, 11) is 0. The predicted octanol–water partition coefficient (Wildman–Crippen LogP) is -0.0492. The molecule has 0 N–H and O–H groups in total. The van der Waals surface area contributed by atoms with E-state index in [-0.39, 0.29) is 19.0 Å². The lowest BCUT2D eigenvalue weighted by Crippen LogP contribution is -2.25. The quantitative estimate of drug-likeness (QED) is 0.319. The van der Waals surface area contributed by atoms with Crippen LogP contribution in [0.4, 0.5) is 0 Å². The first-order valence-corrected chi connectivity index (χ1v) is 2.61. The maximum absolute atomic E-state index is 9.93. The fourth-order valence-corrected chi connectivity index (χ4v) is 0.315. The first kappa shape index (κ1) is 8.30. The Labute approximate surface area is 57.0 Å². The van der Waals surface area contributed by atoms with Crippen molar-refractivity contribution in [2.75, 3.05) is 0 Å². The molecule has 0 radical (unpaired) electrons. The summed E-state index contributed by atoms with van der Waals surface area (Å²) in [6, 6.07) is 0. The van der Waals surface area contributed by atoms with Crippen LogP contribution in [0, 0.1) is 0 Å². The van der Waals surface area contributed by atoms with Gasteiger partial charge in [0, 0.05) is 6.42 Å². The molecule has 0 fully saturated rings. The van der Waals surface area contributed by atoms with E-state index in [1.165, 1.54) is 0 Å². The molecule has 0 saturated carbocycles. The zero-order valence-corrected chi connectivity index (χ0v) is 5.30. The van der Waals surface area contributed by atoms with Crippen LogP contribution in [0.25, 0.3) is 0 Å². The molecule has 0 amide bonds. The van der Waals surface area contributed by atoms with Crippen molar-refractivity contribution in [3.63, 3.8) is 0 Å². The van der Waals surface area contributed by atoms with Gasteiger partial charge in [-0.25, -0.2) is 0 Å². The Morgan fingerprint density at radius 1 is 1.22 bits per heavy atom. The highest BCUT2D eigenvalue weighted by Crippen LogP contribution is 2.10. The Kier molecular flexibility index (Phi) is 3.09. The maximum Gasteiger partial charge on any atom is 0.161 e. The van der Waals surface area contributed by atoms with E-state index in [0.717, 1.165) is 0 Å². The highest BCUT2D eigenvalue weighted by atomic mass is 35.5. The van der Waals surface area contributed by atoms with Crippen LogP contribution in [0.15, 0.2) is 0 Å². The molecule has 0 atom stereocenters. The van der Waals surface area contributed by atoms with E-state index >= 15 is 0 Å². The molecule has 0 bridgehead atoms. The fourth-order valence-electron chi connectivity index (χ4n) is 0.252. The molecule has 0 aromatic heterocycles. The van der Waals surface area contributed by atoms with Crippen molar-refractivity contribution in [3.8, 4) is 0 Å². The normalized spacial score (nSPS) is 10.3. The summed E-state index contributed by atoms with van der Waals surface area (Å²) in [5.74, 6) is 0. The molecular weight excluding hydrogens is 144 g/mol. The minimum atomic E-state index is -1.62. The van der Waals surface area contributed by atoms with Crippen LogP contribution >= 0.6 is 11.6 Å². The van der Waals surface area contributed by atoms with Crippen LogP contribution in [-0.2, 0) is 14.4 Å². The molecular formula is C5H5ClO3. The summed E-state index contributed by atoms with van der Waals surface area (Å²) in [4.78, 5) is 28.0. The molecule has 9 heavy (non-hydrogen) atoms. The number of carbonyl (C=O) groups excluding carboxylic acids is 3. The average Bonchev–Trinajstić information content (AvgIpc) is 1.89. The number of aldehydes is 3. The van der Waals surface area contributed by atoms with Gasteiger partial charge in [0.05, 0.1) is 0 Å². The summed E-state index contributed by atoms with van der Waals surface area (Å²) < 4.78 is 0. The Morgan fingerprint density at radius 2 is 1.67 bits per heavy atom. The van der Waals surface area contributed by atoms with Crippen LogP contribution < -0.4 is 0 Å². The Bertz CT molecular complexity index is 124. The summed E-state index contributed by atoms with van der Waals surface area (Å²) in [6.45, 7) is 0. The van der Waals surface area contributed by atoms with E-state index in [0.29, 0.717) is 6.29 Å². The predicted molar refractivity (Wildman–Crippen MR) is 31.4 cm³/mol. The molecule has 50 valence electrons. The van der Waals surface area contributed by atoms with E-state index in [2.05, 4.69) is 0 Å². The molecule has 0 aromatic carbocycles. The molecule has 0 aliphatic heterocycles. The minimum absolute atomic E-state index is 0.246. The summed E-state index contributed by atoms with van der Waals surface area (Å²) in [5.41, 5.74) is 0. The monoisotopic (exact) mass is 148 g/mol. The van der Waals surface area contributed by atoms with Gasteiger partial charge in [-0.05, 0) is 0 Å². The van der Waals surface area contributed by atoms with Crippen LogP contribution in [0.3, 0.4) is 0 Å². The van der Waals surface area contributed by atoms with Gasteiger partial charge in [0.2, 0.25) is 0 Å². The second-order valence-electron chi connectivity index (χ2n) is 1.53. The fraction of sp³-hybridized carbons (Fsp3) is 0.400. The maximum atomic E-state index is 9.93. The smallest absolute Gasteiger partial charge is 0.161 e. The van der Waals surface area contributed by atoms with E-state index in [9.17, 15) is 14.4 Å². The van der Waals surface area contributed by atoms with Crippen molar-refractivity contribution in [1.29, 1.82) is 0 Å². The van der Waals surface area contributed by atoms with Crippen molar-refractivity contribution in [2.24, 2.45) is 0 Å². The number of hydrogen-bond donors (Lipinski definition) is 0. The Morgan fingerprint density at radius 3 is 1.78 bits per heavy atom. The number of carbonyl (C=O) groups is 3. The third-order valence-corrected chi connectivity index (χ3v) is 1.12. The van der Waals surface area contributed by atoms with Crippen LogP contribution in [0.1, 0.15) is 6.42 Å². The van der Waals surface area contributed by atoms with Gasteiger partial charge in [0.1, 0.15) is 18.9 Å². The summed E-state index contributed by atoms with van der Waals surface area (Å²) in [5, 5.41) is 0. The lowest BCUT2D eigenvalue weighted by molar-refractivity contribution is -0.120. The van der Waals surface area contributed by atoms with Gasteiger partial charge in [-0.2, -0.15) is 0 Å². The van der Waals surface area contributed by atoms with Crippen molar-refractivity contribution in [3.05, 3.63) is 0 Å². The molecule has 0 saturated heterocycles.